The third-order valence-corrected chi connectivity index (χ3v) is 8.51. The zero-order valence-corrected chi connectivity index (χ0v) is 19.9. The van der Waals surface area contributed by atoms with Gasteiger partial charge in [0.1, 0.15) is 0 Å². The summed E-state index contributed by atoms with van der Waals surface area (Å²) >= 11 is 1.60. The third kappa shape index (κ3) is 4.37. The molecule has 0 fully saturated rings. The largest absolute Gasteiger partial charge is 0.278 e. The molecule has 0 N–H and O–H groups in total. The van der Waals surface area contributed by atoms with Crippen LogP contribution in [0.15, 0.2) is 124 Å². The Kier molecular flexibility index (Phi) is 6.24. The van der Waals surface area contributed by atoms with Gasteiger partial charge in [0.2, 0.25) is 15.9 Å². The average molecular weight is 487 g/mol. The van der Waals surface area contributed by atoms with Crippen molar-refractivity contribution < 1.29 is 13.2 Å². The summed E-state index contributed by atoms with van der Waals surface area (Å²) in [7, 11) is -3.91. The van der Waals surface area contributed by atoms with Crippen LogP contribution in [0, 0.1) is 0 Å². The highest BCUT2D eigenvalue weighted by molar-refractivity contribution is 7.99. The second kappa shape index (κ2) is 9.46. The maximum absolute atomic E-state index is 13.8. The predicted octanol–water partition coefficient (Wildman–Crippen LogP) is 5.71. The van der Waals surface area contributed by atoms with Gasteiger partial charge in [-0.15, -0.1) is 0 Å². The van der Waals surface area contributed by atoms with Gasteiger partial charge in [-0.3, -0.25) is 9.69 Å². The fourth-order valence-corrected chi connectivity index (χ4v) is 6.41. The molecule has 7 heteroatoms. The molecule has 0 aliphatic carbocycles. The maximum Gasteiger partial charge on any atom is 0.246 e. The number of hydrogen-bond donors (Lipinski definition) is 0. The normalized spacial score (nSPS) is 12.8. The van der Waals surface area contributed by atoms with Crippen LogP contribution in [0.4, 0.5) is 11.4 Å². The summed E-state index contributed by atoms with van der Waals surface area (Å²) in [6, 6.07) is 32.9. The minimum Gasteiger partial charge on any atom is -0.278 e. The molecule has 5 rings (SSSR count). The molecule has 0 atom stereocenters. The molecule has 34 heavy (non-hydrogen) atoms. The van der Waals surface area contributed by atoms with Gasteiger partial charge in [-0.2, -0.15) is 4.31 Å². The van der Waals surface area contributed by atoms with Crippen molar-refractivity contribution in [3.8, 4) is 0 Å². The first-order valence-corrected chi connectivity index (χ1v) is 13.1. The van der Waals surface area contributed by atoms with Crippen molar-refractivity contribution in [1.82, 2.24) is 4.31 Å². The summed E-state index contributed by atoms with van der Waals surface area (Å²) in [4.78, 5) is 17.5. The Morgan fingerprint density at radius 3 is 1.79 bits per heavy atom. The van der Waals surface area contributed by atoms with Gasteiger partial charge < -0.3 is 0 Å². The van der Waals surface area contributed by atoms with E-state index in [4.69, 9.17) is 0 Å². The molecule has 1 aliphatic heterocycles. The van der Waals surface area contributed by atoms with Crippen molar-refractivity contribution in [2.45, 2.75) is 21.2 Å². The summed E-state index contributed by atoms with van der Waals surface area (Å²) < 4.78 is 28.5. The van der Waals surface area contributed by atoms with Crippen molar-refractivity contribution in [2.24, 2.45) is 0 Å². The smallest absolute Gasteiger partial charge is 0.246 e. The van der Waals surface area contributed by atoms with E-state index in [2.05, 4.69) is 0 Å². The van der Waals surface area contributed by atoms with E-state index in [1.165, 1.54) is 4.31 Å². The van der Waals surface area contributed by atoms with Crippen LogP contribution in [0.2, 0.25) is 0 Å². The topological polar surface area (TPSA) is 57.7 Å². The monoisotopic (exact) mass is 486 g/mol. The first kappa shape index (κ1) is 22.4. The van der Waals surface area contributed by atoms with Crippen molar-refractivity contribution in [2.75, 3.05) is 11.4 Å². The molecular formula is C27H22N2O3S2. The van der Waals surface area contributed by atoms with E-state index in [1.54, 1.807) is 47.0 Å². The van der Waals surface area contributed by atoms with Crippen LogP contribution in [-0.4, -0.2) is 25.2 Å². The number of nitrogens with zero attached hydrogens (tertiary/aromatic N) is 2. The molecule has 0 spiro atoms. The third-order valence-electron chi connectivity index (χ3n) is 5.58. The number of fused-ring (bicyclic) bond motifs is 2. The van der Waals surface area contributed by atoms with Gasteiger partial charge in [-0.1, -0.05) is 84.6 Å². The summed E-state index contributed by atoms with van der Waals surface area (Å²) in [5.74, 6) is -0.310. The molecule has 4 aromatic carbocycles. The van der Waals surface area contributed by atoms with Gasteiger partial charge in [-0.25, -0.2) is 8.42 Å². The Morgan fingerprint density at radius 2 is 1.21 bits per heavy atom. The Labute approximate surface area is 203 Å². The lowest BCUT2D eigenvalue weighted by Crippen LogP contribution is -2.41. The lowest BCUT2D eigenvalue weighted by molar-refractivity contribution is -0.118. The van der Waals surface area contributed by atoms with Crippen molar-refractivity contribution in [3.63, 3.8) is 0 Å². The quantitative estimate of drug-likeness (QED) is 0.350. The van der Waals surface area contributed by atoms with Gasteiger partial charge in [0.05, 0.1) is 22.8 Å². The average Bonchev–Trinajstić information content (AvgIpc) is 2.88. The lowest BCUT2D eigenvalue weighted by Gasteiger charge is -2.32. The van der Waals surface area contributed by atoms with Crippen molar-refractivity contribution in [3.05, 3.63) is 115 Å². The zero-order chi connectivity index (χ0) is 23.5. The Morgan fingerprint density at radius 1 is 0.706 bits per heavy atom. The number of para-hydroxylation sites is 2. The highest BCUT2D eigenvalue weighted by atomic mass is 32.2. The van der Waals surface area contributed by atoms with Crippen LogP contribution in [-0.2, 0) is 21.4 Å². The molecule has 170 valence electrons. The number of amides is 1. The van der Waals surface area contributed by atoms with E-state index < -0.39 is 10.0 Å². The minimum absolute atomic E-state index is 0.0929. The highest BCUT2D eigenvalue weighted by Crippen LogP contribution is 2.47. The molecule has 1 aliphatic rings. The van der Waals surface area contributed by atoms with Crippen molar-refractivity contribution in [1.29, 1.82) is 0 Å². The summed E-state index contributed by atoms with van der Waals surface area (Å²) in [6.45, 7) is -0.199. The highest BCUT2D eigenvalue weighted by Gasteiger charge is 2.33. The first-order valence-electron chi connectivity index (χ1n) is 10.8. The number of carbonyl (C=O) groups is 1. The van der Waals surface area contributed by atoms with Gasteiger partial charge in [0, 0.05) is 16.3 Å². The molecule has 5 nitrogen and oxygen atoms in total. The number of benzene rings is 4. The number of rotatable bonds is 6. The van der Waals surface area contributed by atoms with E-state index in [0.717, 1.165) is 26.7 Å². The van der Waals surface area contributed by atoms with Crippen LogP contribution < -0.4 is 4.90 Å². The lowest BCUT2D eigenvalue weighted by atomic mass is 10.2. The summed E-state index contributed by atoms with van der Waals surface area (Å²) in [5.41, 5.74) is 2.32. The summed E-state index contributed by atoms with van der Waals surface area (Å²) in [5, 5.41) is 0. The van der Waals surface area contributed by atoms with Crippen molar-refractivity contribution >= 4 is 39.1 Å². The van der Waals surface area contributed by atoms with E-state index in [0.29, 0.717) is 0 Å². The molecule has 0 aromatic heterocycles. The molecule has 0 unspecified atom stereocenters. The van der Waals surface area contributed by atoms with Crippen LogP contribution >= 0.6 is 11.8 Å². The standard InChI is InChI=1S/C27H22N2O3S2/c30-27(29-23-15-7-9-17-25(23)33-26-18-10-8-16-24(26)29)20-28(19-21-11-3-1-4-12-21)34(31,32)22-13-5-2-6-14-22/h1-18H,19-20H2. The number of carbonyl (C=O) groups excluding carboxylic acids is 1. The van der Waals surface area contributed by atoms with Crippen LogP contribution in [0.3, 0.4) is 0 Å². The number of anilines is 2. The Bertz CT molecular complexity index is 1380. The minimum atomic E-state index is -3.91. The van der Waals surface area contributed by atoms with E-state index in [9.17, 15) is 13.2 Å². The van der Waals surface area contributed by atoms with E-state index >= 15 is 0 Å². The number of hydrogen-bond acceptors (Lipinski definition) is 4. The molecule has 0 radical (unpaired) electrons. The van der Waals surface area contributed by atoms with Crippen LogP contribution in [0.1, 0.15) is 5.56 Å². The maximum atomic E-state index is 13.8. The SMILES string of the molecule is O=C(CN(Cc1ccccc1)S(=O)(=O)c1ccccc1)N1c2ccccc2Sc2ccccc21. The number of sulfonamides is 1. The van der Waals surface area contributed by atoms with Crippen LogP contribution in [0.25, 0.3) is 0 Å². The second-order valence-corrected chi connectivity index (χ2v) is 10.9. The zero-order valence-electron chi connectivity index (χ0n) is 18.2. The Balaban J connectivity index is 1.54. The van der Waals surface area contributed by atoms with E-state index in [1.807, 2.05) is 78.9 Å². The van der Waals surface area contributed by atoms with Gasteiger partial charge in [0.25, 0.3) is 0 Å². The molecule has 4 aromatic rings. The molecule has 1 amide bonds. The molecule has 0 saturated heterocycles. The predicted molar refractivity (Wildman–Crippen MR) is 135 cm³/mol. The molecule has 1 heterocycles. The molecule has 0 saturated carbocycles. The first-order chi connectivity index (χ1) is 16.5. The Hall–Kier alpha value is -3.39. The van der Waals surface area contributed by atoms with Gasteiger partial charge in [-0.05, 0) is 42.0 Å². The molecule has 0 bridgehead atoms. The fourth-order valence-electron chi connectivity index (χ4n) is 3.95. The van der Waals surface area contributed by atoms with Gasteiger partial charge >= 0.3 is 0 Å². The van der Waals surface area contributed by atoms with Gasteiger partial charge in [0.15, 0.2) is 0 Å². The van der Waals surface area contributed by atoms with E-state index in [-0.39, 0.29) is 23.9 Å². The fraction of sp³-hybridized carbons (Fsp3) is 0.0741. The second-order valence-electron chi connectivity index (χ2n) is 7.84. The summed E-state index contributed by atoms with van der Waals surface area (Å²) in [6.07, 6.45) is 0. The van der Waals surface area contributed by atoms with Crippen LogP contribution in [0.5, 0.6) is 0 Å². The molecular weight excluding hydrogens is 464 g/mol.